The molecule has 0 bridgehead atoms. The summed E-state index contributed by atoms with van der Waals surface area (Å²) in [7, 11) is 0. The Kier molecular flexibility index (Phi) is 8.55. The van der Waals surface area contributed by atoms with Crippen molar-refractivity contribution in [3.63, 3.8) is 0 Å². The molecule has 1 atom stereocenters. The van der Waals surface area contributed by atoms with Crippen molar-refractivity contribution >= 4 is 0 Å². The monoisotopic (exact) mass is 265 g/mol. The number of nitrogens with one attached hydrogen (secondary N) is 1. The highest BCUT2D eigenvalue weighted by Gasteiger charge is 2.14. The molecular formula is C16H31N3. The van der Waals surface area contributed by atoms with E-state index in [4.69, 9.17) is 0 Å². The van der Waals surface area contributed by atoms with Gasteiger partial charge in [0.25, 0.3) is 0 Å². The second kappa shape index (κ2) is 10.0. The molecule has 0 amide bonds. The molecular weight excluding hydrogens is 234 g/mol. The molecule has 0 aliphatic carbocycles. The minimum Gasteiger partial charge on any atom is -0.309 e. The van der Waals surface area contributed by atoms with Crippen LogP contribution in [0.2, 0.25) is 0 Å². The highest BCUT2D eigenvalue weighted by atomic mass is 15.3. The molecule has 0 fully saturated rings. The molecule has 1 N–H and O–H groups in total. The van der Waals surface area contributed by atoms with Crippen molar-refractivity contribution < 1.29 is 0 Å². The third kappa shape index (κ3) is 5.77. The topological polar surface area (TPSA) is 29.9 Å². The molecule has 0 aliphatic rings. The lowest BCUT2D eigenvalue weighted by Gasteiger charge is -2.19. The minimum atomic E-state index is 0.473. The summed E-state index contributed by atoms with van der Waals surface area (Å²) in [4.78, 5) is 0. The van der Waals surface area contributed by atoms with Crippen LogP contribution in [0.3, 0.4) is 0 Å². The van der Waals surface area contributed by atoms with Crippen molar-refractivity contribution in [3.05, 3.63) is 18.0 Å². The molecule has 3 heteroatoms. The maximum absolute atomic E-state index is 4.44. The summed E-state index contributed by atoms with van der Waals surface area (Å²) in [6.07, 6.45) is 11.1. The number of rotatable bonds is 11. The second-order valence-corrected chi connectivity index (χ2v) is 5.29. The van der Waals surface area contributed by atoms with Crippen LogP contribution >= 0.6 is 0 Å². The molecule has 1 aromatic rings. The van der Waals surface area contributed by atoms with Crippen LogP contribution in [0, 0.1) is 0 Å². The number of aromatic nitrogens is 2. The van der Waals surface area contributed by atoms with Gasteiger partial charge in [-0.1, -0.05) is 52.9 Å². The van der Waals surface area contributed by atoms with E-state index in [9.17, 15) is 0 Å². The second-order valence-electron chi connectivity index (χ2n) is 5.29. The SMILES string of the molecule is CCCCCCCC(NCC)c1ccnn1CCC. The van der Waals surface area contributed by atoms with E-state index in [1.807, 2.05) is 6.20 Å². The van der Waals surface area contributed by atoms with Crippen molar-refractivity contribution in [2.45, 2.75) is 78.3 Å². The molecule has 0 saturated carbocycles. The molecule has 1 heterocycles. The Morgan fingerprint density at radius 1 is 1.11 bits per heavy atom. The van der Waals surface area contributed by atoms with Crippen molar-refractivity contribution in [1.82, 2.24) is 15.1 Å². The summed E-state index contributed by atoms with van der Waals surface area (Å²) < 4.78 is 2.17. The first-order valence-corrected chi connectivity index (χ1v) is 8.08. The molecule has 1 aromatic heterocycles. The zero-order valence-electron chi connectivity index (χ0n) is 13.0. The van der Waals surface area contributed by atoms with Gasteiger partial charge in [0.1, 0.15) is 0 Å². The first-order chi connectivity index (χ1) is 9.33. The lowest BCUT2D eigenvalue weighted by Crippen LogP contribution is -2.24. The fourth-order valence-corrected chi connectivity index (χ4v) is 2.59. The Morgan fingerprint density at radius 3 is 2.58 bits per heavy atom. The van der Waals surface area contributed by atoms with E-state index in [1.165, 1.54) is 44.2 Å². The Labute approximate surface area is 118 Å². The van der Waals surface area contributed by atoms with Crippen LogP contribution in [0.25, 0.3) is 0 Å². The number of hydrogen-bond donors (Lipinski definition) is 1. The molecule has 0 spiro atoms. The van der Waals surface area contributed by atoms with Gasteiger partial charge in [0, 0.05) is 18.8 Å². The lowest BCUT2D eigenvalue weighted by molar-refractivity contribution is 0.437. The first-order valence-electron chi connectivity index (χ1n) is 8.08. The highest BCUT2D eigenvalue weighted by Crippen LogP contribution is 2.20. The molecule has 0 aliphatic heterocycles. The summed E-state index contributed by atoms with van der Waals surface area (Å²) >= 11 is 0. The number of aryl methyl sites for hydroxylation is 1. The largest absolute Gasteiger partial charge is 0.309 e. The Morgan fingerprint density at radius 2 is 1.89 bits per heavy atom. The van der Waals surface area contributed by atoms with Gasteiger partial charge < -0.3 is 5.32 Å². The molecule has 1 rings (SSSR count). The summed E-state index contributed by atoms with van der Waals surface area (Å²) in [5.74, 6) is 0. The molecule has 0 saturated heterocycles. The minimum absolute atomic E-state index is 0.473. The third-order valence-corrected chi connectivity index (χ3v) is 3.59. The van der Waals surface area contributed by atoms with E-state index in [-0.39, 0.29) is 0 Å². The van der Waals surface area contributed by atoms with Gasteiger partial charge in [-0.05, 0) is 25.5 Å². The van der Waals surface area contributed by atoms with E-state index >= 15 is 0 Å². The molecule has 110 valence electrons. The van der Waals surface area contributed by atoms with Crippen LogP contribution in [0.4, 0.5) is 0 Å². The molecule has 0 radical (unpaired) electrons. The summed E-state index contributed by atoms with van der Waals surface area (Å²) in [6, 6.07) is 2.65. The standard InChI is InChI=1S/C16H31N3/c1-4-7-8-9-10-11-15(17-6-3)16-12-13-18-19(16)14-5-2/h12-13,15,17H,4-11,14H2,1-3H3. The van der Waals surface area contributed by atoms with E-state index < -0.39 is 0 Å². The van der Waals surface area contributed by atoms with Gasteiger partial charge in [0.05, 0.1) is 5.69 Å². The first kappa shape index (κ1) is 16.2. The van der Waals surface area contributed by atoms with Gasteiger partial charge in [-0.3, -0.25) is 4.68 Å². The fourth-order valence-electron chi connectivity index (χ4n) is 2.59. The van der Waals surface area contributed by atoms with Crippen LogP contribution in [0.15, 0.2) is 12.3 Å². The summed E-state index contributed by atoms with van der Waals surface area (Å²) in [5, 5.41) is 8.06. The average molecular weight is 265 g/mol. The Hall–Kier alpha value is -0.830. The van der Waals surface area contributed by atoms with Crippen LogP contribution < -0.4 is 5.32 Å². The predicted molar refractivity (Wildman–Crippen MR) is 82.3 cm³/mol. The predicted octanol–water partition coefficient (Wildman–Crippen LogP) is 4.30. The summed E-state index contributed by atoms with van der Waals surface area (Å²) in [5.41, 5.74) is 1.36. The van der Waals surface area contributed by atoms with Crippen molar-refractivity contribution in [2.24, 2.45) is 0 Å². The van der Waals surface area contributed by atoms with Crippen molar-refractivity contribution in [1.29, 1.82) is 0 Å². The zero-order chi connectivity index (χ0) is 13.9. The Balaban J connectivity index is 2.48. The van der Waals surface area contributed by atoms with E-state index in [0.29, 0.717) is 6.04 Å². The Bertz CT molecular complexity index is 320. The lowest BCUT2D eigenvalue weighted by atomic mass is 10.0. The quantitative estimate of drug-likeness (QED) is 0.604. The number of unbranched alkanes of at least 4 members (excludes halogenated alkanes) is 4. The summed E-state index contributed by atoms with van der Waals surface area (Å²) in [6.45, 7) is 8.71. The molecule has 1 unspecified atom stereocenters. The molecule has 3 nitrogen and oxygen atoms in total. The van der Waals surface area contributed by atoms with E-state index in [1.54, 1.807) is 0 Å². The van der Waals surface area contributed by atoms with Gasteiger partial charge in [0.2, 0.25) is 0 Å². The van der Waals surface area contributed by atoms with Crippen LogP contribution in [0.1, 0.15) is 77.5 Å². The van der Waals surface area contributed by atoms with Crippen LogP contribution in [-0.2, 0) is 6.54 Å². The molecule has 0 aromatic carbocycles. The third-order valence-electron chi connectivity index (χ3n) is 3.59. The van der Waals surface area contributed by atoms with Crippen molar-refractivity contribution in [2.75, 3.05) is 6.54 Å². The average Bonchev–Trinajstić information content (AvgIpc) is 2.86. The van der Waals surface area contributed by atoms with Gasteiger partial charge in [-0.2, -0.15) is 5.10 Å². The van der Waals surface area contributed by atoms with Crippen LogP contribution in [-0.4, -0.2) is 16.3 Å². The van der Waals surface area contributed by atoms with Gasteiger partial charge in [-0.25, -0.2) is 0 Å². The maximum atomic E-state index is 4.44. The smallest absolute Gasteiger partial charge is 0.0553 e. The highest BCUT2D eigenvalue weighted by molar-refractivity contribution is 5.07. The molecule has 19 heavy (non-hydrogen) atoms. The van der Waals surface area contributed by atoms with Gasteiger partial charge in [-0.15, -0.1) is 0 Å². The van der Waals surface area contributed by atoms with Crippen molar-refractivity contribution in [3.8, 4) is 0 Å². The fraction of sp³-hybridized carbons (Fsp3) is 0.812. The number of hydrogen-bond acceptors (Lipinski definition) is 2. The van der Waals surface area contributed by atoms with E-state index in [2.05, 4.69) is 41.9 Å². The maximum Gasteiger partial charge on any atom is 0.0553 e. The normalized spacial score (nSPS) is 12.8. The zero-order valence-corrected chi connectivity index (χ0v) is 13.0. The van der Waals surface area contributed by atoms with Gasteiger partial charge >= 0.3 is 0 Å². The van der Waals surface area contributed by atoms with Crippen LogP contribution in [0.5, 0.6) is 0 Å². The van der Waals surface area contributed by atoms with Gasteiger partial charge in [0.15, 0.2) is 0 Å². The number of nitrogens with zero attached hydrogens (tertiary/aromatic N) is 2. The van der Waals surface area contributed by atoms with E-state index in [0.717, 1.165) is 19.5 Å².